The molecule has 0 fully saturated rings. The lowest BCUT2D eigenvalue weighted by atomic mass is 10.1. The Morgan fingerprint density at radius 3 is 3.05 bits per heavy atom. The maximum Gasteiger partial charge on any atom is 0.181 e. The van der Waals surface area contributed by atoms with Gasteiger partial charge >= 0.3 is 0 Å². The van der Waals surface area contributed by atoms with Gasteiger partial charge in [0.2, 0.25) is 0 Å². The number of nitrogens with one attached hydrogen (secondary N) is 2. The summed E-state index contributed by atoms with van der Waals surface area (Å²) in [6.07, 6.45) is 8.16. The standard InChI is InChI=1S/C14H23N5S/c1-3-7-15-11(2)6-4-5-8-20-14-12-13(17-9-16-12)18-10-19-14/h9-11,15H,3-8H2,1-2H3,(H,16,17,18,19). The van der Waals surface area contributed by atoms with E-state index in [1.54, 1.807) is 24.4 Å². The van der Waals surface area contributed by atoms with Crippen LogP contribution in [-0.2, 0) is 0 Å². The number of nitrogens with zero attached hydrogens (tertiary/aromatic N) is 3. The molecule has 0 spiro atoms. The molecule has 0 saturated heterocycles. The third-order valence-corrected chi connectivity index (χ3v) is 4.28. The van der Waals surface area contributed by atoms with Gasteiger partial charge in [0.25, 0.3) is 0 Å². The zero-order valence-corrected chi connectivity index (χ0v) is 13.0. The van der Waals surface area contributed by atoms with Crippen LogP contribution in [0, 0.1) is 0 Å². The molecular weight excluding hydrogens is 270 g/mol. The van der Waals surface area contributed by atoms with E-state index in [1.165, 1.54) is 25.7 Å². The highest BCUT2D eigenvalue weighted by atomic mass is 32.2. The molecule has 0 aromatic carbocycles. The first-order valence-electron chi connectivity index (χ1n) is 7.31. The molecule has 20 heavy (non-hydrogen) atoms. The maximum absolute atomic E-state index is 4.32. The summed E-state index contributed by atoms with van der Waals surface area (Å²) in [6, 6.07) is 0.623. The zero-order chi connectivity index (χ0) is 14.2. The highest BCUT2D eigenvalue weighted by Crippen LogP contribution is 2.22. The number of hydrogen-bond donors (Lipinski definition) is 2. The highest BCUT2D eigenvalue weighted by molar-refractivity contribution is 7.99. The molecule has 0 aliphatic heterocycles. The lowest BCUT2D eigenvalue weighted by Gasteiger charge is -2.12. The Morgan fingerprint density at radius 1 is 1.30 bits per heavy atom. The summed E-state index contributed by atoms with van der Waals surface area (Å²) in [5.74, 6) is 1.09. The lowest BCUT2D eigenvalue weighted by molar-refractivity contribution is 0.496. The van der Waals surface area contributed by atoms with Gasteiger partial charge in [-0.25, -0.2) is 15.0 Å². The number of rotatable bonds is 9. The van der Waals surface area contributed by atoms with Gasteiger partial charge in [-0.3, -0.25) is 0 Å². The number of unbranched alkanes of at least 4 members (excludes halogenated alkanes) is 1. The van der Waals surface area contributed by atoms with Crippen molar-refractivity contribution in [1.82, 2.24) is 25.3 Å². The topological polar surface area (TPSA) is 66.5 Å². The molecule has 2 aromatic rings. The molecule has 1 unspecified atom stereocenters. The van der Waals surface area contributed by atoms with Crippen LogP contribution in [0.4, 0.5) is 0 Å². The fraction of sp³-hybridized carbons (Fsp3) is 0.643. The van der Waals surface area contributed by atoms with Gasteiger partial charge in [0, 0.05) is 6.04 Å². The molecule has 0 radical (unpaired) electrons. The number of hydrogen-bond acceptors (Lipinski definition) is 5. The van der Waals surface area contributed by atoms with Crippen molar-refractivity contribution in [2.45, 2.75) is 50.6 Å². The molecule has 0 aliphatic rings. The zero-order valence-electron chi connectivity index (χ0n) is 12.2. The number of aromatic nitrogens is 4. The Balaban J connectivity index is 1.67. The van der Waals surface area contributed by atoms with E-state index < -0.39 is 0 Å². The molecule has 5 nitrogen and oxygen atoms in total. The summed E-state index contributed by atoms with van der Waals surface area (Å²) < 4.78 is 0. The molecule has 0 aliphatic carbocycles. The van der Waals surface area contributed by atoms with E-state index in [0.717, 1.165) is 28.5 Å². The average molecular weight is 293 g/mol. The van der Waals surface area contributed by atoms with Gasteiger partial charge in [-0.05, 0) is 38.5 Å². The number of thioether (sulfide) groups is 1. The molecule has 110 valence electrons. The SMILES string of the molecule is CCCNC(C)CCCCSc1ncnc2nc[nH]c12. The quantitative estimate of drug-likeness (QED) is 0.422. The summed E-state index contributed by atoms with van der Waals surface area (Å²) in [5.41, 5.74) is 1.70. The number of imidazole rings is 1. The molecule has 2 N–H and O–H groups in total. The Labute approximate surface area is 124 Å². The van der Waals surface area contributed by atoms with Gasteiger partial charge in [0.05, 0.1) is 6.33 Å². The van der Waals surface area contributed by atoms with E-state index in [2.05, 4.69) is 39.1 Å². The van der Waals surface area contributed by atoms with Crippen molar-refractivity contribution in [2.75, 3.05) is 12.3 Å². The van der Waals surface area contributed by atoms with Gasteiger partial charge in [-0.1, -0.05) is 13.3 Å². The first kappa shape index (κ1) is 15.3. The third-order valence-electron chi connectivity index (χ3n) is 3.20. The van der Waals surface area contributed by atoms with E-state index >= 15 is 0 Å². The number of fused-ring (bicyclic) bond motifs is 1. The second kappa shape index (κ2) is 8.21. The van der Waals surface area contributed by atoms with Crippen molar-refractivity contribution in [2.24, 2.45) is 0 Å². The second-order valence-corrected chi connectivity index (χ2v) is 6.06. The van der Waals surface area contributed by atoms with E-state index in [0.29, 0.717) is 6.04 Å². The van der Waals surface area contributed by atoms with Gasteiger partial charge in [-0.15, -0.1) is 11.8 Å². The fourth-order valence-electron chi connectivity index (χ4n) is 2.07. The molecular formula is C14H23N5S. The van der Waals surface area contributed by atoms with Crippen LogP contribution in [0.15, 0.2) is 17.7 Å². The predicted molar refractivity (Wildman–Crippen MR) is 84.0 cm³/mol. The van der Waals surface area contributed by atoms with E-state index in [4.69, 9.17) is 0 Å². The highest BCUT2D eigenvalue weighted by Gasteiger charge is 2.06. The Bertz CT molecular complexity index is 513. The minimum Gasteiger partial charge on any atom is -0.341 e. The van der Waals surface area contributed by atoms with Crippen LogP contribution in [0.3, 0.4) is 0 Å². The van der Waals surface area contributed by atoms with Crippen molar-refractivity contribution in [3.8, 4) is 0 Å². The van der Waals surface area contributed by atoms with Crippen LogP contribution in [0.2, 0.25) is 0 Å². The van der Waals surface area contributed by atoms with Crippen molar-refractivity contribution >= 4 is 22.9 Å². The Kier molecular flexibility index (Phi) is 6.26. The summed E-state index contributed by atoms with van der Waals surface area (Å²) in [6.45, 7) is 5.59. The molecule has 2 rings (SSSR count). The first-order valence-corrected chi connectivity index (χ1v) is 8.30. The van der Waals surface area contributed by atoms with E-state index in [-0.39, 0.29) is 0 Å². The van der Waals surface area contributed by atoms with Gasteiger partial charge < -0.3 is 10.3 Å². The molecule has 0 bridgehead atoms. The van der Waals surface area contributed by atoms with Crippen LogP contribution in [0.1, 0.15) is 39.5 Å². The molecule has 2 heterocycles. The molecule has 0 saturated carbocycles. The number of aromatic amines is 1. The second-order valence-electron chi connectivity index (χ2n) is 4.98. The average Bonchev–Trinajstić information content (AvgIpc) is 2.94. The summed E-state index contributed by atoms with van der Waals surface area (Å²) in [5, 5.41) is 4.53. The van der Waals surface area contributed by atoms with Crippen molar-refractivity contribution < 1.29 is 0 Å². The molecule has 0 amide bonds. The lowest BCUT2D eigenvalue weighted by Crippen LogP contribution is -2.26. The van der Waals surface area contributed by atoms with Crippen molar-refractivity contribution in [1.29, 1.82) is 0 Å². The maximum atomic E-state index is 4.32. The summed E-state index contributed by atoms with van der Waals surface area (Å²) in [4.78, 5) is 15.7. The van der Waals surface area contributed by atoms with Crippen LogP contribution < -0.4 is 5.32 Å². The molecule has 6 heteroatoms. The number of H-pyrrole nitrogens is 1. The molecule has 2 aromatic heterocycles. The van der Waals surface area contributed by atoms with Crippen molar-refractivity contribution in [3.05, 3.63) is 12.7 Å². The predicted octanol–water partition coefficient (Wildman–Crippen LogP) is 3.00. The van der Waals surface area contributed by atoms with Crippen LogP contribution >= 0.6 is 11.8 Å². The third kappa shape index (κ3) is 4.45. The van der Waals surface area contributed by atoms with Crippen LogP contribution in [-0.4, -0.2) is 38.3 Å². The smallest absolute Gasteiger partial charge is 0.181 e. The minimum atomic E-state index is 0.623. The fourth-order valence-corrected chi connectivity index (χ4v) is 3.02. The minimum absolute atomic E-state index is 0.623. The van der Waals surface area contributed by atoms with E-state index in [1.807, 2.05) is 0 Å². The summed E-state index contributed by atoms with van der Waals surface area (Å²) in [7, 11) is 0. The summed E-state index contributed by atoms with van der Waals surface area (Å²) >= 11 is 1.78. The van der Waals surface area contributed by atoms with Crippen LogP contribution in [0.5, 0.6) is 0 Å². The Hall–Kier alpha value is -1.14. The van der Waals surface area contributed by atoms with E-state index in [9.17, 15) is 0 Å². The van der Waals surface area contributed by atoms with Gasteiger partial charge in [0.15, 0.2) is 5.65 Å². The van der Waals surface area contributed by atoms with Crippen LogP contribution in [0.25, 0.3) is 11.2 Å². The van der Waals surface area contributed by atoms with Gasteiger partial charge in [0.1, 0.15) is 16.9 Å². The largest absolute Gasteiger partial charge is 0.341 e. The van der Waals surface area contributed by atoms with Crippen molar-refractivity contribution in [3.63, 3.8) is 0 Å². The molecule has 1 atom stereocenters. The normalized spacial score (nSPS) is 12.9. The monoisotopic (exact) mass is 293 g/mol. The Morgan fingerprint density at radius 2 is 2.20 bits per heavy atom. The van der Waals surface area contributed by atoms with Gasteiger partial charge in [-0.2, -0.15) is 0 Å². The first-order chi connectivity index (χ1) is 9.81.